The molecule has 0 spiro atoms. The van der Waals surface area contributed by atoms with E-state index in [0.717, 1.165) is 25.4 Å². The number of ether oxygens (including phenoxy) is 3. The van der Waals surface area contributed by atoms with Crippen molar-refractivity contribution in [1.29, 1.82) is 0 Å². The molecule has 8 heteroatoms. The van der Waals surface area contributed by atoms with Gasteiger partial charge in [0.15, 0.2) is 6.61 Å². The molecule has 1 aliphatic heterocycles. The molecule has 0 unspecified atom stereocenters. The average molecular weight is 365 g/mol. The van der Waals surface area contributed by atoms with Crippen LogP contribution in [0, 0.1) is 0 Å². The number of nitrogens with zero attached hydrogens (tertiary/aromatic N) is 2. The minimum Gasteiger partial charge on any atom is -0.494 e. The van der Waals surface area contributed by atoms with Crippen LogP contribution in [0.25, 0.3) is 0 Å². The zero-order valence-corrected chi connectivity index (χ0v) is 15.4. The molecule has 1 N–H and O–H groups in total. The molecule has 8 nitrogen and oxygen atoms in total. The van der Waals surface area contributed by atoms with Crippen molar-refractivity contribution in [1.82, 2.24) is 15.1 Å². The minimum atomic E-state index is -0.288. The largest absolute Gasteiger partial charge is 0.494 e. The van der Waals surface area contributed by atoms with Gasteiger partial charge in [-0.05, 0) is 31.2 Å². The Kier molecular flexibility index (Phi) is 8.01. The Labute approximate surface area is 154 Å². The Hall–Kier alpha value is -2.48. The van der Waals surface area contributed by atoms with Gasteiger partial charge in [0.1, 0.15) is 11.5 Å². The van der Waals surface area contributed by atoms with E-state index in [9.17, 15) is 9.59 Å². The van der Waals surface area contributed by atoms with E-state index in [1.54, 1.807) is 17.0 Å². The standard InChI is InChI=1S/C18H27N3O5/c1-3-25-15-4-6-16(7-5-15)26-14-17(22)19-8-9-20-10-12-21(13-11-20)18(23)24-2/h4-7H,3,8-14H2,1-2H3,(H,19,22). The van der Waals surface area contributed by atoms with Crippen LogP contribution in [0.1, 0.15) is 6.92 Å². The Morgan fingerprint density at radius 3 is 2.23 bits per heavy atom. The van der Waals surface area contributed by atoms with Crippen LogP contribution in [0.3, 0.4) is 0 Å². The number of rotatable bonds is 8. The van der Waals surface area contributed by atoms with Crippen molar-refractivity contribution < 1.29 is 23.8 Å². The van der Waals surface area contributed by atoms with Crippen LogP contribution < -0.4 is 14.8 Å². The number of piperazine rings is 1. The number of methoxy groups -OCH3 is 1. The SMILES string of the molecule is CCOc1ccc(OCC(=O)NCCN2CCN(C(=O)OC)CC2)cc1. The van der Waals surface area contributed by atoms with Crippen molar-refractivity contribution in [2.75, 3.05) is 59.6 Å². The summed E-state index contributed by atoms with van der Waals surface area (Å²) in [5, 5.41) is 2.84. The fourth-order valence-electron chi connectivity index (χ4n) is 2.64. The summed E-state index contributed by atoms with van der Waals surface area (Å²) in [7, 11) is 1.39. The maximum absolute atomic E-state index is 11.9. The minimum absolute atomic E-state index is 0.0237. The highest BCUT2D eigenvalue weighted by atomic mass is 16.5. The summed E-state index contributed by atoms with van der Waals surface area (Å²) >= 11 is 0. The molecule has 26 heavy (non-hydrogen) atoms. The van der Waals surface area contributed by atoms with Gasteiger partial charge in [-0.3, -0.25) is 9.69 Å². The van der Waals surface area contributed by atoms with Crippen molar-refractivity contribution >= 4 is 12.0 Å². The molecule has 2 rings (SSSR count). The Bertz CT molecular complexity index is 571. The molecular weight excluding hydrogens is 338 g/mol. The predicted molar refractivity (Wildman–Crippen MR) is 96.5 cm³/mol. The van der Waals surface area contributed by atoms with Crippen LogP contribution >= 0.6 is 0 Å². The third-order valence-corrected chi connectivity index (χ3v) is 4.06. The highest BCUT2D eigenvalue weighted by Crippen LogP contribution is 2.17. The fourth-order valence-corrected chi connectivity index (χ4v) is 2.64. The number of hydrogen-bond donors (Lipinski definition) is 1. The number of amides is 2. The van der Waals surface area contributed by atoms with Gasteiger partial charge in [0.2, 0.25) is 0 Å². The highest BCUT2D eigenvalue weighted by Gasteiger charge is 2.21. The van der Waals surface area contributed by atoms with Gasteiger partial charge in [0.05, 0.1) is 13.7 Å². The lowest BCUT2D eigenvalue weighted by Gasteiger charge is -2.33. The molecule has 144 valence electrons. The lowest BCUT2D eigenvalue weighted by atomic mass is 10.3. The Balaban J connectivity index is 1.58. The molecule has 0 radical (unpaired) electrons. The maximum Gasteiger partial charge on any atom is 0.409 e. The molecule has 1 heterocycles. The van der Waals surface area contributed by atoms with Gasteiger partial charge in [-0.15, -0.1) is 0 Å². The zero-order chi connectivity index (χ0) is 18.8. The second-order valence-corrected chi connectivity index (χ2v) is 5.84. The third kappa shape index (κ3) is 6.44. The fraction of sp³-hybridized carbons (Fsp3) is 0.556. The molecule has 0 atom stereocenters. The third-order valence-electron chi connectivity index (χ3n) is 4.06. The maximum atomic E-state index is 11.9. The highest BCUT2D eigenvalue weighted by molar-refractivity contribution is 5.77. The van der Waals surface area contributed by atoms with Gasteiger partial charge in [-0.25, -0.2) is 4.79 Å². The molecule has 1 saturated heterocycles. The normalized spacial score (nSPS) is 14.6. The van der Waals surface area contributed by atoms with E-state index < -0.39 is 0 Å². The van der Waals surface area contributed by atoms with Gasteiger partial charge in [0.25, 0.3) is 5.91 Å². The quantitative estimate of drug-likeness (QED) is 0.739. The number of benzene rings is 1. The predicted octanol–water partition coefficient (Wildman–Crippen LogP) is 0.964. The van der Waals surface area contributed by atoms with E-state index in [-0.39, 0.29) is 18.6 Å². The molecule has 1 aromatic rings. The van der Waals surface area contributed by atoms with Crippen LogP contribution in [-0.2, 0) is 9.53 Å². The molecule has 0 aliphatic carbocycles. The lowest BCUT2D eigenvalue weighted by molar-refractivity contribution is -0.123. The average Bonchev–Trinajstić information content (AvgIpc) is 2.67. The first kappa shape index (κ1) is 19.8. The number of carbonyl (C=O) groups is 2. The first-order chi connectivity index (χ1) is 12.6. The molecule has 0 saturated carbocycles. The van der Waals surface area contributed by atoms with Crippen molar-refractivity contribution in [3.05, 3.63) is 24.3 Å². The van der Waals surface area contributed by atoms with Crippen molar-refractivity contribution in [3.63, 3.8) is 0 Å². The lowest BCUT2D eigenvalue weighted by Crippen LogP contribution is -2.50. The van der Waals surface area contributed by atoms with Crippen molar-refractivity contribution in [3.8, 4) is 11.5 Å². The van der Waals surface area contributed by atoms with E-state index in [1.807, 2.05) is 19.1 Å². The second kappa shape index (κ2) is 10.5. The van der Waals surface area contributed by atoms with E-state index in [1.165, 1.54) is 7.11 Å². The van der Waals surface area contributed by atoms with Gasteiger partial charge in [0, 0.05) is 39.3 Å². The second-order valence-electron chi connectivity index (χ2n) is 5.84. The smallest absolute Gasteiger partial charge is 0.409 e. The van der Waals surface area contributed by atoms with Gasteiger partial charge in [-0.2, -0.15) is 0 Å². The Morgan fingerprint density at radius 1 is 1.04 bits per heavy atom. The number of nitrogens with one attached hydrogen (secondary N) is 1. The molecule has 0 bridgehead atoms. The van der Waals surface area contributed by atoms with Crippen LogP contribution in [0.15, 0.2) is 24.3 Å². The summed E-state index contributed by atoms with van der Waals surface area (Å²) in [6.07, 6.45) is -0.288. The van der Waals surface area contributed by atoms with Gasteiger partial charge >= 0.3 is 6.09 Å². The summed E-state index contributed by atoms with van der Waals surface area (Å²) in [5.74, 6) is 1.24. The summed E-state index contributed by atoms with van der Waals surface area (Å²) in [5.41, 5.74) is 0. The van der Waals surface area contributed by atoms with E-state index in [2.05, 4.69) is 10.2 Å². The molecule has 0 aromatic heterocycles. The van der Waals surface area contributed by atoms with Crippen LogP contribution in [-0.4, -0.2) is 81.4 Å². The molecule has 1 aromatic carbocycles. The summed E-state index contributed by atoms with van der Waals surface area (Å²) in [4.78, 5) is 27.2. The summed E-state index contributed by atoms with van der Waals surface area (Å²) < 4.78 is 15.5. The van der Waals surface area contributed by atoms with Crippen LogP contribution in [0.2, 0.25) is 0 Å². The topological polar surface area (TPSA) is 80.3 Å². The summed E-state index contributed by atoms with van der Waals surface area (Å²) in [6.45, 7) is 6.62. The number of carbonyl (C=O) groups excluding carboxylic acids is 2. The van der Waals surface area contributed by atoms with Gasteiger partial charge in [-0.1, -0.05) is 0 Å². The molecular formula is C18H27N3O5. The van der Waals surface area contributed by atoms with E-state index >= 15 is 0 Å². The molecule has 1 aliphatic rings. The zero-order valence-electron chi connectivity index (χ0n) is 15.4. The molecule has 2 amide bonds. The van der Waals surface area contributed by atoms with E-state index in [0.29, 0.717) is 32.0 Å². The summed E-state index contributed by atoms with van der Waals surface area (Å²) in [6, 6.07) is 7.17. The van der Waals surface area contributed by atoms with Crippen LogP contribution in [0.4, 0.5) is 4.79 Å². The first-order valence-corrected chi connectivity index (χ1v) is 8.80. The Morgan fingerprint density at radius 2 is 1.65 bits per heavy atom. The van der Waals surface area contributed by atoms with Crippen molar-refractivity contribution in [2.24, 2.45) is 0 Å². The monoisotopic (exact) mass is 365 g/mol. The van der Waals surface area contributed by atoms with Crippen LogP contribution in [0.5, 0.6) is 11.5 Å². The van der Waals surface area contributed by atoms with Crippen molar-refractivity contribution in [2.45, 2.75) is 6.92 Å². The first-order valence-electron chi connectivity index (χ1n) is 8.80. The number of hydrogen-bond acceptors (Lipinski definition) is 6. The van der Waals surface area contributed by atoms with E-state index in [4.69, 9.17) is 14.2 Å². The van der Waals surface area contributed by atoms with Gasteiger partial charge < -0.3 is 24.4 Å². The molecule has 1 fully saturated rings.